The van der Waals surface area contributed by atoms with Crippen LogP contribution < -0.4 is 33.8 Å². The van der Waals surface area contributed by atoms with Crippen LogP contribution in [0, 0.1) is 0 Å². The van der Waals surface area contributed by atoms with Gasteiger partial charge in [-0.1, -0.05) is 18.2 Å². The van der Waals surface area contributed by atoms with Gasteiger partial charge < -0.3 is 28.4 Å². The van der Waals surface area contributed by atoms with Crippen LogP contribution >= 0.6 is 0 Å². The number of hydrogen-bond acceptors (Lipinski definition) is 3. The number of nitrogens with one attached hydrogen (secondary N) is 3. The van der Waals surface area contributed by atoms with Gasteiger partial charge in [-0.25, -0.2) is 9.78 Å². The normalized spacial score (nSPS) is 9.43. The van der Waals surface area contributed by atoms with Crippen LogP contribution in [0.1, 0.15) is 0 Å². The lowest BCUT2D eigenvalue weighted by Gasteiger charge is -2.12. The molecule has 21 heavy (non-hydrogen) atoms. The molecule has 2 amide bonds. The zero-order valence-corrected chi connectivity index (χ0v) is 12.6. The smallest absolute Gasteiger partial charge is 0.321 e. The van der Waals surface area contributed by atoms with E-state index in [1.54, 1.807) is 20.2 Å². The summed E-state index contributed by atoms with van der Waals surface area (Å²) in [6.07, 6.45) is 0. The molecular weight excluding hydrogens is 290 g/mol. The molecule has 0 aliphatic rings. The number of nitrogens with zero attached hydrogens (tertiary/aromatic N) is 1. The molecule has 0 radical (unpaired) electrons. The first-order valence-corrected chi connectivity index (χ1v) is 6.18. The van der Waals surface area contributed by atoms with E-state index in [0.717, 1.165) is 11.5 Å². The SMILES string of the molecule is CN(C)C(=O)Nc1ccc(Nc2ccccc2)[nH+]c1N.[Cl-]. The van der Waals surface area contributed by atoms with Crippen molar-refractivity contribution in [2.45, 2.75) is 0 Å². The number of H-pyrrole nitrogens is 1. The van der Waals surface area contributed by atoms with E-state index >= 15 is 0 Å². The number of nitrogens with two attached hydrogens (primary N) is 1. The van der Waals surface area contributed by atoms with Crippen molar-refractivity contribution < 1.29 is 22.2 Å². The van der Waals surface area contributed by atoms with Crippen LogP contribution in [0.5, 0.6) is 0 Å². The second-order valence-electron chi connectivity index (χ2n) is 4.51. The van der Waals surface area contributed by atoms with E-state index < -0.39 is 0 Å². The van der Waals surface area contributed by atoms with Crippen molar-refractivity contribution in [3.63, 3.8) is 0 Å². The standard InChI is InChI=1S/C14H17N5O.ClH/c1-19(2)14(20)17-11-8-9-12(18-13(11)15)16-10-6-4-3-5-7-10;/h3-9H,1-2H3,(H,17,20)(H3,15,16,18);1H. The topological polar surface area (TPSA) is 84.5 Å². The lowest BCUT2D eigenvalue weighted by molar-refractivity contribution is -0.342. The van der Waals surface area contributed by atoms with Gasteiger partial charge in [-0.3, -0.25) is 5.32 Å². The number of anilines is 4. The molecule has 2 rings (SSSR count). The van der Waals surface area contributed by atoms with Crippen molar-refractivity contribution in [3.05, 3.63) is 42.5 Å². The number of aromatic nitrogens is 1. The molecule has 1 aromatic heterocycles. The average molecular weight is 308 g/mol. The van der Waals surface area contributed by atoms with Crippen LogP contribution in [0.25, 0.3) is 0 Å². The Kier molecular flexibility index (Phi) is 5.80. The van der Waals surface area contributed by atoms with Crippen LogP contribution in [0.4, 0.5) is 27.8 Å². The molecule has 112 valence electrons. The minimum Gasteiger partial charge on any atom is -1.00 e. The molecule has 5 N–H and O–H groups in total. The molecule has 0 fully saturated rings. The Morgan fingerprint density at radius 2 is 1.81 bits per heavy atom. The maximum Gasteiger partial charge on any atom is 0.321 e. The quantitative estimate of drug-likeness (QED) is 0.675. The third kappa shape index (κ3) is 4.54. The fraction of sp³-hybridized carbons (Fsp3) is 0.143. The van der Waals surface area contributed by atoms with Gasteiger partial charge >= 0.3 is 6.03 Å². The first-order chi connectivity index (χ1) is 9.56. The molecule has 6 nitrogen and oxygen atoms in total. The predicted molar refractivity (Wildman–Crippen MR) is 79.8 cm³/mol. The Labute approximate surface area is 129 Å². The zero-order chi connectivity index (χ0) is 14.5. The van der Waals surface area contributed by atoms with E-state index in [4.69, 9.17) is 5.73 Å². The minimum atomic E-state index is -0.228. The second-order valence-corrected chi connectivity index (χ2v) is 4.51. The van der Waals surface area contributed by atoms with E-state index in [1.165, 1.54) is 4.90 Å². The number of nitrogen functional groups attached to an aromatic ring is 1. The van der Waals surface area contributed by atoms with Crippen LogP contribution in [0.3, 0.4) is 0 Å². The molecule has 7 heteroatoms. The summed E-state index contributed by atoms with van der Waals surface area (Å²) in [4.78, 5) is 16.0. The number of carbonyl (C=O) groups excluding carboxylic acids is 1. The molecule has 0 unspecified atom stereocenters. The van der Waals surface area contributed by atoms with Crippen molar-refractivity contribution in [2.24, 2.45) is 0 Å². The summed E-state index contributed by atoms with van der Waals surface area (Å²) >= 11 is 0. The minimum absolute atomic E-state index is 0. The molecule has 0 bridgehead atoms. The monoisotopic (exact) mass is 307 g/mol. The Hall–Kier alpha value is -2.47. The second kappa shape index (κ2) is 7.35. The third-order valence-corrected chi connectivity index (χ3v) is 2.68. The first kappa shape index (κ1) is 16.6. The lowest BCUT2D eigenvalue weighted by Crippen LogP contribution is -3.00. The Morgan fingerprint density at radius 3 is 2.38 bits per heavy atom. The van der Waals surface area contributed by atoms with Crippen molar-refractivity contribution in [1.82, 2.24) is 4.90 Å². The molecule has 1 heterocycles. The number of hydrogen-bond donors (Lipinski definition) is 3. The molecule has 0 spiro atoms. The number of benzene rings is 1. The van der Waals surface area contributed by atoms with Crippen molar-refractivity contribution in [3.8, 4) is 0 Å². The summed E-state index contributed by atoms with van der Waals surface area (Å²) in [5.41, 5.74) is 7.39. The van der Waals surface area contributed by atoms with Gasteiger partial charge in [0.05, 0.1) is 5.69 Å². The van der Waals surface area contributed by atoms with E-state index in [2.05, 4.69) is 15.6 Å². The molecule has 0 aliphatic carbocycles. The summed E-state index contributed by atoms with van der Waals surface area (Å²) in [7, 11) is 3.33. The highest BCUT2D eigenvalue weighted by Gasteiger charge is 2.11. The third-order valence-electron chi connectivity index (χ3n) is 2.68. The Bertz CT molecular complexity index is 604. The Balaban J connectivity index is 0.00000220. The number of rotatable bonds is 3. The lowest BCUT2D eigenvalue weighted by atomic mass is 10.3. The van der Waals surface area contributed by atoms with Crippen LogP contribution in [-0.2, 0) is 0 Å². The average Bonchev–Trinajstić information content (AvgIpc) is 2.42. The maximum atomic E-state index is 11.6. The van der Waals surface area contributed by atoms with Gasteiger partial charge in [0.2, 0.25) is 11.6 Å². The summed E-state index contributed by atoms with van der Waals surface area (Å²) < 4.78 is 0. The molecule has 2 aromatic rings. The fourth-order valence-corrected chi connectivity index (χ4v) is 1.60. The number of halogens is 1. The van der Waals surface area contributed by atoms with E-state index in [9.17, 15) is 4.79 Å². The van der Waals surface area contributed by atoms with E-state index in [0.29, 0.717) is 11.5 Å². The summed E-state index contributed by atoms with van der Waals surface area (Å²) in [6, 6.07) is 13.1. The molecule has 0 aliphatic heterocycles. The van der Waals surface area contributed by atoms with Gasteiger partial charge in [0.1, 0.15) is 5.69 Å². The summed E-state index contributed by atoms with van der Waals surface area (Å²) in [6.45, 7) is 0. The molecule has 0 atom stereocenters. The number of para-hydroxylation sites is 1. The van der Waals surface area contributed by atoms with Gasteiger partial charge in [0.25, 0.3) is 0 Å². The highest BCUT2D eigenvalue weighted by atomic mass is 35.5. The van der Waals surface area contributed by atoms with E-state index in [1.807, 2.05) is 36.4 Å². The molecule has 1 aromatic carbocycles. The first-order valence-electron chi connectivity index (χ1n) is 6.18. The van der Waals surface area contributed by atoms with Gasteiger partial charge in [-0.2, -0.15) is 0 Å². The van der Waals surface area contributed by atoms with Crippen molar-refractivity contribution in [2.75, 3.05) is 30.5 Å². The number of pyridine rings is 1. The maximum absolute atomic E-state index is 11.6. The molecule has 0 saturated heterocycles. The molecule has 0 saturated carbocycles. The van der Waals surface area contributed by atoms with Gasteiger partial charge in [0.15, 0.2) is 0 Å². The van der Waals surface area contributed by atoms with Crippen LogP contribution in [0.15, 0.2) is 42.5 Å². The van der Waals surface area contributed by atoms with Crippen molar-refractivity contribution >= 4 is 29.0 Å². The number of amides is 2. The summed E-state index contributed by atoms with van der Waals surface area (Å²) in [5, 5.41) is 5.89. The van der Waals surface area contributed by atoms with Gasteiger partial charge in [0, 0.05) is 20.2 Å². The van der Waals surface area contributed by atoms with Crippen molar-refractivity contribution in [1.29, 1.82) is 0 Å². The highest BCUT2D eigenvalue weighted by Crippen LogP contribution is 2.17. The van der Waals surface area contributed by atoms with Crippen LogP contribution in [-0.4, -0.2) is 25.0 Å². The largest absolute Gasteiger partial charge is 1.00 e. The van der Waals surface area contributed by atoms with E-state index in [-0.39, 0.29) is 18.4 Å². The highest BCUT2D eigenvalue weighted by molar-refractivity contribution is 5.91. The van der Waals surface area contributed by atoms with Gasteiger partial charge in [-0.15, -0.1) is 0 Å². The summed E-state index contributed by atoms with van der Waals surface area (Å²) in [5.74, 6) is 1.14. The zero-order valence-electron chi connectivity index (χ0n) is 11.9. The predicted octanol–water partition coefficient (Wildman–Crippen LogP) is -1.08. The van der Waals surface area contributed by atoms with Gasteiger partial charge in [-0.05, 0) is 18.2 Å². The van der Waals surface area contributed by atoms with Crippen LogP contribution in [0.2, 0.25) is 0 Å². The molecular formula is C14H18ClN5O. The number of urea groups is 1. The number of aromatic amines is 1. The fourth-order valence-electron chi connectivity index (χ4n) is 1.60. The Morgan fingerprint density at radius 1 is 1.14 bits per heavy atom. The number of carbonyl (C=O) groups is 1.